The molecule has 0 spiro atoms. The van der Waals surface area contributed by atoms with Gasteiger partial charge in [0.1, 0.15) is 5.69 Å². The van der Waals surface area contributed by atoms with Crippen LogP contribution in [0.15, 0.2) is 36.5 Å². The fourth-order valence-electron chi connectivity index (χ4n) is 1.99. The summed E-state index contributed by atoms with van der Waals surface area (Å²) in [6.45, 7) is 1.89. The first-order valence-corrected chi connectivity index (χ1v) is 6.34. The van der Waals surface area contributed by atoms with Crippen molar-refractivity contribution < 1.29 is 4.79 Å². The van der Waals surface area contributed by atoms with Crippen LogP contribution in [0.3, 0.4) is 0 Å². The van der Waals surface area contributed by atoms with Crippen molar-refractivity contribution in [1.29, 1.82) is 0 Å². The maximum absolute atomic E-state index is 12.1. The molecule has 1 amide bonds. The first-order valence-electron chi connectivity index (χ1n) is 5.96. The fourth-order valence-corrected chi connectivity index (χ4v) is 2.29. The van der Waals surface area contributed by atoms with E-state index in [0.29, 0.717) is 16.4 Å². The van der Waals surface area contributed by atoms with Crippen molar-refractivity contribution in [3.05, 3.63) is 52.8 Å². The Bertz CT molecular complexity index is 606. The summed E-state index contributed by atoms with van der Waals surface area (Å²) in [5, 5.41) is 3.55. The van der Waals surface area contributed by atoms with Gasteiger partial charge < -0.3 is 15.6 Å². The van der Waals surface area contributed by atoms with Gasteiger partial charge >= 0.3 is 0 Å². The summed E-state index contributed by atoms with van der Waals surface area (Å²) < 4.78 is 1.70. The van der Waals surface area contributed by atoms with Gasteiger partial charge in [-0.05, 0) is 24.6 Å². The summed E-state index contributed by atoms with van der Waals surface area (Å²) in [4.78, 5) is 12.1. The highest BCUT2D eigenvalue weighted by atomic mass is 35.5. The number of carbonyl (C=O) groups is 1. The number of nitrogen functional groups attached to an aromatic ring is 1. The molecule has 0 aliphatic heterocycles. The fraction of sp³-hybridized carbons (Fsp3) is 0.214. The van der Waals surface area contributed by atoms with Gasteiger partial charge in [-0.25, -0.2) is 0 Å². The molecule has 0 aliphatic rings. The predicted molar refractivity (Wildman–Crippen MR) is 77.2 cm³/mol. The Labute approximate surface area is 117 Å². The lowest BCUT2D eigenvalue weighted by atomic mass is 10.1. The lowest BCUT2D eigenvalue weighted by molar-refractivity contribution is 0.0931. The molecule has 1 unspecified atom stereocenters. The van der Waals surface area contributed by atoms with E-state index in [1.807, 2.05) is 25.1 Å². The minimum atomic E-state index is -0.174. The standard InChI is InChI=1S/C14H16ClN3O/c1-9(11-5-3-4-6-12(11)15)17-14(19)13-7-10(16)8-18(13)2/h3-9H,16H2,1-2H3,(H,17,19). The Morgan fingerprint density at radius 2 is 2.11 bits per heavy atom. The largest absolute Gasteiger partial charge is 0.397 e. The van der Waals surface area contributed by atoms with Crippen molar-refractivity contribution in [2.75, 3.05) is 5.73 Å². The molecule has 0 saturated carbocycles. The van der Waals surface area contributed by atoms with Crippen LogP contribution < -0.4 is 11.1 Å². The summed E-state index contributed by atoms with van der Waals surface area (Å²) >= 11 is 6.11. The third-order valence-corrected chi connectivity index (χ3v) is 3.32. The number of halogens is 1. The molecular formula is C14H16ClN3O. The van der Waals surface area contributed by atoms with E-state index in [1.165, 1.54) is 0 Å². The highest BCUT2D eigenvalue weighted by Crippen LogP contribution is 2.22. The first-order chi connectivity index (χ1) is 8.99. The number of hydrogen-bond acceptors (Lipinski definition) is 2. The van der Waals surface area contributed by atoms with Crippen LogP contribution in [0.1, 0.15) is 29.0 Å². The SMILES string of the molecule is CC(NC(=O)c1cc(N)cn1C)c1ccccc1Cl. The maximum atomic E-state index is 12.1. The molecule has 0 radical (unpaired) electrons. The highest BCUT2D eigenvalue weighted by Gasteiger charge is 2.16. The van der Waals surface area contributed by atoms with Gasteiger partial charge in [0.2, 0.25) is 0 Å². The number of amides is 1. The second-order valence-electron chi connectivity index (χ2n) is 4.49. The number of hydrogen-bond donors (Lipinski definition) is 2. The quantitative estimate of drug-likeness (QED) is 0.906. The van der Waals surface area contributed by atoms with E-state index >= 15 is 0 Å². The highest BCUT2D eigenvalue weighted by molar-refractivity contribution is 6.31. The zero-order chi connectivity index (χ0) is 14.0. The van der Waals surface area contributed by atoms with Crippen molar-refractivity contribution in [1.82, 2.24) is 9.88 Å². The zero-order valence-electron chi connectivity index (χ0n) is 10.9. The number of benzene rings is 1. The first kappa shape index (κ1) is 13.5. The van der Waals surface area contributed by atoms with Gasteiger partial charge in [0, 0.05) is 18.3 Å². The summed E-state index contributed by atoms with van der Waals surface area (Å²) in [6, 6.07) is 8.93. The second-order valence-corrected chi connectivity index (χ2v) is 4.89. The van der Waals surface area contributed by atoms with Crippen molar-refractivity contribution in [3.63, 3.8) is 0 Å². The third kappa shape index (κ3) is 2.90. The average molecular weight is 278 g/mol. The Kier molecular flexibility index (Phi) is 3.81. The van der Waals surface area contributed by atoms with Gasteiger partial charge in [-0.1, -0.05) is 29.8 Å². The average Bonchev–Trinajstić information content (AvgIpc) is 2.69. The van der Waals surface area contributed by atoms with Crippen LogP contribution in [0.5, 0.6) is 0 Å². The maximum Gasteiger partial charge on any atom is 0.268 e. The minimum Gasteiger partial charge on any atom is -0.397 e. The number of anilines is 1. The van der Waals surface area contributed by atoms with E-state index in [0.717, 1.165) is 5.56 Å². The molecule has 1 atom stereocenters. The van der Waals surface area contributed by atoms with Crippen LogP contribution in [0.25, 0.3) is 0 Å². The van der Waals surface area contributed by atoms with Crippen molar-refractivity contribution in [2.24, 2.45) is 7.05 Å². The monoisotopic (exact) mass is 277 g/mol. The van der Waals surface area contributed by atoms with Gasteiger partial charge in [0.05, 0.1) is 11.7 Å². The number of nitrogens with two attached hydrogens (primary N) is 1. The molecule has 5 heteroatoms. The number of aryl methyl sites for hydroxylation is 1. The molecule has 4 nitrogen and oxygen atoms in total. The molecule has 100 valence electrons. The molecule has 1 heterocycles. The van der Waals surface area contributed by atoms with Crippen LogP contribution >= 0.6 is 11.6 Å². The molecule has 3 N–H and O–H groups in total. The molecule has 0 saturated heterocycles. The molecule has 1 aromatic heterocycles. The van der Waals surface area contributed by atoms with E-state index in [9.17, 15) is 4.79 Å². The zero-order valence-corrected chi connectivity index (χ0v) is 11.6. The van der Waals surface area contributed by atoms with E-state index in [2.05, 4.69) is 5.32 Å². The lowest BCUT2D eigenvalue weighted by Crippen LogP contribution is -2.28. The van der Waals surface area contributed by atoms with Crippen molar-refractivity contribution in [3.8, 4) is 0 Å². The summed E-state index contributed by atoms with van der Waals surface area (Å²) in [6.07, 6.45) is 1.70. The van der Waals surface area contributed by atoms with Crippen LogP contribution in [0.2, 0.25) is 5.02 Å². The molecule has 0 bridgehead atoms. The molecule has 2 aromatic rings. The second kappa shape index (κ2) is 5.36. The number of nitrogens with one attached hydrogen (secondary N) is 1. The smallest absolute Gasteiger partial charge is 0.268 e. The predicted octanol–water partition coefficient (Wildman–Crippen LogP) is 2.75. The third-order valence-electron chi connectivity index (χ3n) is 2.98. The van der Waals surface area contributed by atoms with E-state index in [-0.39, 0.29) is 11.9 Å². The summed E-state index contributed by atoms with van der Waals surface area (Å²) in [7, 11) is 1.78. The van der Waals surface area contributed by atoms with Gasteiger partial charge in [0.15, 0.2) is 0 Å². The normalized spacial score (nSPS) is 12.2. The number of carbonyl (C=O) groups excluding carboxylic acids is 1. The molecule has 2 rings (SSSR count). The number of aromatic nitrogens is 1. The molecular weight excluding hydrogens is 262 g/mol. The Balaban J connectivity index is 2.15. The van der Waals surface area contributed by atoms with E-state index < -0.39 is 0 Å². The van der Waals surface area contributed by atoms with E-state index in [4.69, 9.17) is 17.3 Å². The van der Waals surface area contributed by atoms with Crippen LogP contribution in [0, 0.1) is 0 Å². The molecule has 1 aromatic carbocycles. The van der Waals surface area contributed by atoms with E-state index in [1.54, 1.807) is 29.9 Å². The number of nitrogens with zero attached hydrogens (tertiary/aromatic N) is 1. The van der Waals surface area contributed by atoms with Gasteiger partial charge in [-0.2, -0.15) is 0 Å². The van der Waals surface area contributed by atoms with Crippen LogP contribution in [-0.4, -0.2) is 10.5 Å². The molecule has 0 fully saturated rings. The van der Waals surface area contributed by atoms with Gasteiger partial charge in [-0.3, -0.25) is 4.79 Å². The Hall–Kier alpha value is -1.94. The topological polar surface area (TPSA) is 60.1 Å². The summed E-state index contributed by atoms with van der Waals surface area (Å²) in [5.41, 5.74) is 7.64. The Morgan fingerprint density at radius 3 is 2.68 bits per heavy atom. The Morgan fingerprint density at radius 1 is 1.42 bits per heavy atom. The van der Waals surface area contributed by atoms with Crippen LogP contribution in [-0.2, 0) is 7.05 Å². The van der Waals surface area contributed by atoms with Crippen molar-refractivity contribution in [2.45, 2.75) is 13.0 Å². The molecule has 0 aliphatic carbocycles. The minimum absolute atomic E-state index is 0.169. The van der Waals surface area contributed by atoms with Crippen LogP contribution in [0.4, 0.5) is 5.69 Å². The summed E-state index contributed by atoms with van der Waals surface area (Å²) in [5.74, 6) is -0.174. The van der Waals surface area contributed by atoms with Gasteiger partial charge in [-0.15, -0.1) is 0 Å². The van der Waals surface area contributed by atoms with Gasteiger partial charge in [0.25, 0.3) is 5.91 Å². The van der Waals surface area contributed by atoms with Crippen molar-refractivity contribution >= 4 is 23.2 Å². The lowest BCUT2D eigenvalue weighted by Gasteiger charge is -2.15. The number of rotatable bonds is 3. The molecule has 19 heavy (non-hydrogen) atoms.